The molecule has 1 nitrogen and oxygen atoms in total. The molecule has 174 valence electrons. The monoisotopic (exact) mass is 527 g/mol. The molecule has 0 radical (unpaired) electrons. The Kier molecular flexibility index (Phi) is 8.45. The second kappa shape index (κ2) is 12.1. The number of nitrogens with zero attached hydrogens (tertiary/aromatic N) is 1. The minimum absolute atomic E-state index is 1.02. The number of thioether (sulfide) groups is 1. The molecular formula is C30H25NS4. The molecule has 0 fully saturated rings. The summed E-state index contributed by atoms with van der Waals surface area (Å²) in [6, 6.07) is 43.0. The number of hydrogen-bond donors (Lipinski definition) is 0. The number of hydrogen-bond acceptors (Lipinski definition) is 5. The Labute approximate surface area is 225 Å². The van der Waals surface area contributed by atoms with Crippen molar-refractivity contribution in [3.63, 3.8) is 0 Å². The summed E-state index contributed by atoms with van der Waals surface area (Å²) in [5.41, 5.74) is 5.01. The van der Waals surface area contributed by atoms with Crippen LogP contribution in [0.15, 0.2) is 121 Å². The van der Waals surface area contributed by atoms with Gasteiger partial charge in [-0.15, -0.1) is 14.9 Å². The van der Waals surface area contributed by atoms with Gasteiger partial charge in [-0.05, 0) is 63.9 Å². The smallest absolute Gasteiger partial charge is 0.0476 e. The van der Waals surface area contributed by atoms with Crippen molar-refractivity contribution >= 4 is 67.2 Å². The van der Waals surface area contributed by atoms with Crippen LogP contribution in [0, 0.1) is 0 Å². The van der Waals surface area contributed by atoms with Crippen LogP contribution >= 0.6 is 47.6 Å². The van der Waals surface area contributed by atoms with Crippen LogP contribution in [0.4, 0.5) is 0 Å². The molecule has 0 amide bonds. The highest BCUT2D eigenvalue weighted by Gasteiger charge is 2.29. The van der Waals surface area contributed by atoms with Gasteiger partial charge >= 0.3 is 0 Å². The van der Waals surface area contributed by atoms with Gasteiger partial charge in [-0.1, -0.05) is 128 Å². The van der Waals surface area contributed by atoms with Gasteiger partial charge in [0.25, 0.3) is 0 Å². The molecule has 0 aromatic heterocycles. The Morgan fingerprint density at radius 3 is 1.40 bits per heavy atom. The molecule has 0 bridgehead atoms. The maximum atomic E-state index is 2.35. The van der Waals surface area contributed by atoms with Crippen molar-refractivity contribution < 1.29 is 0 Å². The van der Waals surface area contributed by atoms with Gasteiger partial charge in [0, 0.05) is 19.6 Å². The zero-order valence-corrected chi connectivity index (χ0v) is 22.6. The lowest BCUT2D eigenvalue weighted by molar-refractivity contribution is 1.33. The molecule has 0 saturated carbocycles. The first-order valence-electron chi connectivity index (χ1n) is 11.5. The van der Waals surface area contributed by atoms with E-state index in [9.17, 15) is 0 Å². The Bertz CT molecular complexity index is 1250. The molecule has 0 atom stereocenters. The molecule has 4 aromatic rings. The SMILES string of the molecule is CCS/C(=C(\SN1SC(c2ccccc2)=C(c2ccccc2)S1)c1ccccc1)c1ccccc1. The van der Waals surface area contributed by atoms with Gasteiger partial charge < -0.3 is 0 Å². The van der Waals surface area contributed by atoms with Crippen molar-refractivity contribution in [3.05, 3.63) is 144 Å². The van der Waals surface area contributed by atoms with E-state index < -0.39 is 0 Å². The zero-order chi connectivity index (χ0) is 23.9. The van der Waals surface area contributed by atoms with E-state index in [4.69, 9.17) is 0 Å². The first kappa shape index (κ1) is 24.4. The second-order valence-corrected chi connectivity index (χ2v) is 12.5. The van der Waals surface area contributed by atoms with E-state index in [1.807, 2.05) is 47.6 Å². The molecule has 1 aliphatic rings. The molecular weight excluding hydrogens is 503 g/mol. The molecule has 5 rings (SSSR count). The topological polar surface area (TPSA) is 3.24 Å². The summed E-state index contributed by atoms with van der Waals surface area (Å²) in [6.07, 6.45) is 0. The summed E-state index contributed by atoms with van der Waals surface area (Å²) in [6.45, 7) is 2.23. The van der Waals surface area contributed by atoms with E-state index in [0.29, 0.717) is 0 Å². The highest BCUT2D eigenvalue weighted by Crippen LogP contribution is 2.59. The zero-order valence-electron chi connectivity index (χ0n) is 19.3. The van der Waals surface area contributed by atoms with Crippen LogP contribution in [-0.2, 0) is 0 Å². The van der Waals surface area contributed by atoms with Crippen LogP contribution in [0.5, 0.6) is 0 Å². The Morgan fingerprint density at radius 2 is 0.971 bits per heavy atom. The standard InChI is InChI=1S/C30H25NS4/c1-2-32-27(23-15-7-3-8-16-23)28(24-17-9-4-10-18-24)33-31-34-29(25-19-11-5-12-20-25)30(35-31)26-21-13-6-14-22-26/h3-22H,2H2,1H3/b28-27-. The molecule has 0 saturated heterocycles. The first-order chi connectivity index (χ1) is 17.3. The summed E-state index contributed by atoms with van der Waals surface area (Å²) in [4.78, 5) is 5.20. The average molecular weight is 528 g/mol. The highest BCUT2D eigenvalue weighted by atomic mass is 32.3. The fourth-order valence-corrected chi connectivity index (χ4v) is 8.65. The predicted octanol–water partition coefficient (Wildman–Crippen LogP) is 10.1. The van der Waals surface area contributed by atoms with Crippen LogP contribution in [0.25, 0.3) is 19.6 Å². The molecule has 0 aliphatic carbocycles. The molecule has 1 aliphatic heterocycles. The summed E-state index contributed by atoms with van der Waals surface area (Å²) in [5, 5.41) is 0. The fraction of sp³-hybridized carbons (Fsp3) is 0.0667. The Hall–Kier alpha value is -2.28. The summed E-state index contributed by atoms with van der Waals surface area (Å²) in [5.74, 6) is 1.02. The van der Waals surface area contributed by atoms with Crippen LogP contribution in [0.1, 0.15) is 29.2 Å². The van der Waals surface area contributed by atoms with Crippen molar-refractivity contribution in [2.45, 2.75) is 6.92 Å². The van der Waals surface area contributed by atoms with Gasteiger partial charge in [-0.2, -0.15) is 0 Å². The predicted molar refractivity (Wildman–Crippen MR) is 162 cm³/mol. The summed E-state index contributed by atoms with van der Waals surface area (Å²) >= 11 is 7.36. The quantitative estimate of drug-likeness (QED) is 0.165. The summed E-state index contributed by atoms with van der Waals surface area (Å²) in [7, 11) is 0. The lowest BCUT2D eigenvalue weighted by atomic mass is 10.1. The third-order valence-electron chi connectivity index (χ3n) is 5.34. The third-order valence-corrected chi connectivity index (χ3v) is 10.3. The average Bonchev–Trinajstić information content (AvgIpc) is 3.37. The Balaban J connectivity index is 1.55. The van der Waals surface area contributed by atoms with Crippen molar-refractivity contribution in [2.75, 3.05) is 5.75 Å². The van der Waals surface area contributed by atoms with E-state index in [1.165, 1.54) is 41.9 Å². The van der Waals surface area contributed by atoms with Crippen molar-refractivity contribution in [3.8, 4) is 0 Å². The molecule has 5 heteroatoms. The first-order valence-corrected chi connectivity index (χ1v) is 14.8. The van der Waals surface area contributed by atoms with Crippen molar-refractivity contribution in [2.24, 2.45) is 0 Å². The highest BCUT2D eigenvalue weighted by molar-refractivity contribution is 8.36. The largest absolute Gasteiger partial charge is 0.125 e. The fourth-order valence-electron chi connectivity index (χ4n) is 3.74. The van der Waals surface area contributed by atoms with Gasteiger partial charge in [0.15, 0.2) is 0 Å². The van der Waals surface area contributed by atoms with Gasteiger partial charge in [0.1, 0.15) is 0 Å². The van der Waals surface area contributed by atoms with Crippen LogP contribution in [0.2, 0.25) is 0 Å². The maximum Gasteiger partial charge on any atom is 0.0476 e. The summed E-state index contributed by atoms with van der Waals surface area (Å²) < 4.78 is 2.35. The van der Waals surface area contributed by atoms with Crippen LogP contribution in [0.3, 0.4) is 0 Å². The van der Waals surface area contributed by atoms with Crippen LogP contribution in [-0.4, -0.2) is 8.87 Å². The molecule has 4 aromatic carbocycles. The lowest BCUT2D eigenvalue weighted by Crippen LogP contribution is -1.95. The number of rotatable bonds is 8. The molecule has 0 unspecified atom stereocenters. The van der Waals surface area contributed by atoms with Crippen molar-refractivity contribution in [1.29, 1.82) is 0 Å². The number of benzene rings is 4. The van der Waals surface area contributed by atoms with E-state index in [1.54, 1.807) is 0 Å². The normalized spacial score (nSPS) is 14.8. The minimum Gasteiger partial charge on any atom is -0.125 e. The van der Waals surface area contributed by atoms with Gasteiger partial charge in [-0.25, -0.2) is 0 Å². The van der Waals surface area contributed by atoms with Gasteiger partial charge in [-0.3, -0.25) is 0 Å². The molecule has 1 heterocycles. The minimum atomic E-state index is 1.02. The van der Waals surface area contributed by atoms with E-state index in [2.05, 4.69) is 131 Å². The lowest BCUT2D eigenvalue weighted by Gasteiger charge is -2.19. The third kappa shape index (κ3) is 5.93. The van der Waals surface area contributed by atoms with E-state index >= 15 is 0 Å². The molecule has 0 N–H and O–H groups in total. The maximum absolute atomic E-state index is 2.35. The van der Waals surface area contributed by atoms with Crippen LogP contribution < -0.4 is 0 Å². The van der Waals surface area contributed by atoms with Crippen molar-refractivity contribution in [1.82, 2.24) is 3.12 Å². The second-order valence-electron chi connectivity index (χ2n) is 7.71. The van der Waals surface area contributed by atoms with E-state index in [-0.39, 0.29) is 0 Å². The van der Waals surface area contributed by atoms with Gasteiger partial charge in [0.2, 0.25) is 0 Å². The molecule has 0 spiro atoms. The molecule has 35 heavy (non-hydrogen) atoms. The van der Waals surface area contributed by atoms with Gasteiger partial charge in [0.05, 0.1) is 0 Å². The Morgan fingerprint density at radius 1 is 0.571 bits per heavy atom. The van der Waals surface area contributed by atoms with E-state index in [0.717, 1.165) is 5.75 Å².